The van der Waals surface area contributed by atoms with Crippen LogP contribution in [0.2, 0.25) is 5.02 Å². The number of halogens is 3. The van der Waals surface area contributed by atoms with Crippen molar-refractivity contribution in [3.05, 3.63) is 34.5 Å². The maximum absolute atomic E-state index is 13.7. The van der Waals surface area contributed by atoms with E-state index in [1.165, 1.54) is 7.11 Å². The molecule has 4 nitrogen and oxygen atoms in total. The molecule has 1 aromatic carbocycles. The standard InChI is InChI=1S/C11H7ClF2N2O2S/c1-18-11(17)8-9(15)19-10(16-8)4-2-7(14)5(12)3-6(4)13/h2-3H,15H2,1H3. The summed E-state index contributed by atoms with van der Waals surface area (Å²) in [5, 5.41) is -0.193. The van der Waals surface area contributed by atoms with Crippen LogP contribution in [0.4, 0.5) is 13.8 Å². The van der Waals surface area contributed by atoms with Crippen molar-refractivity contribution in [1.29, 1.82) is 0 Å². The van der Waals surface area contributed by atoms with Crippen LogP contribution in [0, 0.1) is 11.6 Å². The number of nitrogens with zero attached hydrogens (tertiary/aromatic N) is 1. The number of esters is 1. The van der Waals surface area contributed by atoms with Crippen molar-refractivity contribution in [2.45, 2.75) is 0 Å². The minimum Gasteiger partial charge on any atom is -0.464 e. The fourth-order valence-electron chi connectivity index (χ4n) is 1.38. The van der Waals surface area contributed by atoms with Gasteiger partial charge in [-0.05, 0) is 12.1 Å². The Kier molecular flexibility index (Phi) is 3.68. The fraction of sp³-hybridized carbons (Fsp3) is 0.0909. The van der Waals surface area contributed by atoms with Crippen LogP contribution in [-0.2, 0) is 4.74 Å². The quantitative estimate of drug-likeness (QED) is 0.684. The molecule has 2 aromatic rings. The lowest BCUT2D eigenvalue weighted by atomic mass is 10.2. The van der Waals surface area contributed by atoms with Gasteiger partial charge in [0.05, 0.1) is 12.1 Å². The number of nitrogens with two attached hydrogens (primary N) is 1. The van der Waals surface area contributed by atoms with Gasteiger partial charge in [-0.1, -0.05) is 22.9 Å². The van der Waals surface area contributed by atoms with Gasteiger partial charge in [0, 0.05) is 5.56 Å². The number of nitrogen functional groups attached to an aromatic ring is 1. The van der Waals surface area contributed by atoms with E-state index in [1.807, 2.05) is 0 Å². The van der Waals surface area contributed by atoms with Gasteiger partial charge in [0.15, 0.2) is 5.69 Å². The smallest absolute Gasteiger partial charge is 0.359 e. The second kappa shape index (κ2) is 5.10. The summed E-state index contributed by atoms with van der Waals surface area (Å²) in [6, 6.07) is 1.73. The SMILES string of the molecule is COC(=O)c1nc(-c2cc(F)c(Cl)cc2F)sc1N. The highest BCUT2D eigenvalue weighted by Crippen LogP contribution is 2.33. The Morgan fingerprint density at radius 1 is 1.42 bits per heavy atom. The number of benzene rings is 1. The van der Waals surface area contributed by atoms with Gasteiger partial charge in [-0.2, -0.15) is 0 Å². The molecule has 0 spiro atoms. The molecule has 2 rings (SSSR count). The predicted molar refractivity (Wildman–Crippen MR) is 68.2 cm³/mol. The highest BCUT2D eigenvalue weighted by Gasteiger charge is 2.20. The van der Waals surface area contributed by atoms with E-state index < -0.39 is 17.6 Å². The lowest BCUT2D eigenvalue weighted by molar-refractivity contribution is 0.0596. The van der Waals surface area contributed by atoms with Gasteiger partial charge in [-0.15, -0.1) is 0 Å². The van der Waals surface area contributed by atoms with Gasteiger partial charge >= 0.3 is 5.97 Å². The molecule has 0 unspecified atom stereocenters. The van der Waals surface area contributed by atoms with Crippen molar-refractivity contribution in [1.82, 2.24) is 4.98 Å². The summed E-state index contributed by atoms with van der Waals surface area (Å²) in [6.45, 7) is 0. The molecule has 19 heavy (non-hydrogen) atoms. The number of carbonyl (C=O) groups excluding carboxylic acids is 1. The molecular weight excluding hydrogens is 298 g/mol. The zero-order chi connectivity index (χ0) is 14.2. The summed E-state index contributed by atoms with van der Waals surface area (Å²) in [5.41, 5.74) is 5.34. The Morgan fingerprint density at radius 2 is 2.11 bits per heavy atom. The van der Waals surface area contributed by atoms with Crippen molar-refractivity contribution < 1.29 is 18.3 Å². The monoisotopic (exact) mass is 304 g/mol. The van der Waals surface area contributed by atoms with Crippen LogP contribution in [0.3, 0.4) is 0 Å². The van der Waals surface area contributed by atoms with Crippen LogP contribution in [0.1, 0.15) is 10.5 Å². The lowest BCUT2D eigenvalue weighted by Crippen LogP contribution is -2.04. The Morgan fingerprint density at radius 3 is 2.74 bits per heavy atom. The van der Waals surface area contributed by atoms with E-state index in [2.05, 4.69) is 9.72 Å². The van der Waals surface area contributed by atoms with E-state index in [-0.39, 0.29) is 26.3 Å². The Bertz CT molecular complexity index is 660. The Labute approximate surface area is 115 Å². The van der Waals surface area contributed by atoms with Gasteiger partial charge < -0.3 is 10.5 Å². The first-order valence-electron chi connectivity index (χ1n) is 4.93. The first-order valence-corrected chi connectivity index (χ1v) is 6.13. The number of rotatable bonds is 2. The molecule has 100 valence electrons. The van der Waals surface area contributed by atoms with Crippen LogP contribution in [0.25, 0.3) is 10.6 Å². The first-order chi connectivity index (χ1) is 8.93. The van der Waals surface area contributed by atoms with Gasteiger partial charge in [-0.25, -0.2) is 18.6 Å². The minimum atomic E-state index is -0.786. The molecule has 0 aliphatic heterocycles. The second-order valence-corrected chi connectivity index (χ2v) is 4.91. The number of thiazole rings is 1. The molecule has 8 heteroatoms. The van der Waals surface area contributed by atoms with Gasteiger partial charge in [0.1, 0.15) is 21.6 Å². The highest BCUT2D eigenvalue weighted by atomic mass is 35.5. The second-order valence-electron chi connectivity index (χ2n) is 3.47. The van der Waals surface area contributed by atoms with Crippen LogP contribution >= 0.6 is 22.9 Å². The molecule has 0 aliphatic carbocycles. The number of methoxy groups -OCH3 is 1. The van der Waals surface area contributed by atoms with E-state index in [1.54, 1.807) is 0 Å². The number of anilines is 1. The van der Waals surface area contributed by atoms with Crippen molar-refractivity contribution in [2.75, 3.05) is 12.8 Å². The normalized spacial score (nSPS) is 10.5. The van der Waals surface area contributed by atoms with Gasteiger partial charge in [0.25, 0.3) is 0 Å². The zero-order valence-electron chi connectivity index (χ0n) is 9.54. The molecule has 1 heterocycles. The number of ether oxygens (including phenoxy) is 1. The van der Waals surface area contributed by atoms with E-state index in [9.17, 15) is 13.6 Å². The fourth-order valence-corrected chi connectivity index (χ4v) is 2.36. The highest BCUT2D eigenvalue weighted by molar-refractivity contribution is 7.19. The van der Waals surface area contributed by atoms with Crippen LogP contribution < -0.4 is 5.73 Å². The topological polar surface area (TPSA) is 65.2 Å². The third kappa shape index (κ3) is 2.52. The molecule has 0 saturated carbocycles. The predicted octanol–water partition coefficient (Wildman–Crippen LogP) is 3.11. The largest absolute Gasteiger partial charge is 0.464 e. The van der Waals surface area contributed by atoms with E-state index >= 15 is 0 Å². The Hall–Kier alpha value is -1.73. The molecule has 0 radical (unpaired) electrons. The van der Waals surface area contributed by atoms with E-state index in [0.717, 1.165) is 23.5 Å². The molecule has 0 aliphatic rings. The van der Waals surface area contributed by atoms with E-state index in [0.29, 0.717) is 0 Å². The third-order valence-electron chi connectivity index (χ3n) is 2.27. The Balaban J connectivity index is 2.54. The van der Waals surface area contributed by atoms with E-state index in [4.69, 9.17) is 17.3 Å². The van der Waals surface area contributed by atoms with Crippen LogP contribution in [0.15, 0.2) is 12.1 Å². The molecule has 0 fully saturated rings. The van der Waals surface area contributed by atoms with Crippen molar-refractivity contribution >= 4 is 33.9 Å². The molecule has 0 amide bonds. The number of hydrogen-bond donors (Lipinski definition) is 1. The number of aromatic nitrogens is 1. The average molecular weight is 305 g/mol. The average Bonchev–Trinajstić information content (AvgIpc) is 2.75. The molecular formula is C11H7ClF2N2O2S. The van der Waals surface area contributed by atoms with Gasteiger partial charge in [0.2, 0.25) is 0 Å². The van der Waals surface area contributed by atoms with Crippen molar-refractivity contribution in [3.63, 3.8) is 0 Å². The first kappa shape index (κ1) is 13.7. The molecule has 0 atom stereocenters. The molecule has 0 saturated heterocycles. The maximum Gasteiger partial charge on any atom is 0.359 e. The summed E-state index contributed by atoms with van der Waals surface area (Å²) >= 11 is 6.31. The molecule has 1 aromatic heterocycles. The number of hydrogen-bond acceptors (Lipinski definition) is 5. The van der Waals surface area contributed by atoms with Crippen molar-refractivity contribution in [3.8, 4) is 10.6 Å². The summed E-state index contributed by atoms with van der Waals surface area (Å²) < 4.78 is 31.5. The molecule has 0 bridgehead atoms. The number of carbonyl (C=O) groups is 1. The van der Waals surface area contributed by atoms with Gasteiger partial charge in [-0.3, -0.25) is 0 Å². The van der Waals surface area contributed by atoms with Crippen LogP contribution in [-0.4, -0.2) is 18.1 Å². The maximum atomic E-state index is 13.7. The van der Waals surface area contributed by atoms with Crippen LogP contribution in [0.5, 0.6) is 0 Å². The minimum absolute atomic E-state index is 0.0663. The lowest BCUT2D eigenvalue weighted by Gasteiger charge is -2.00. The summed E-state index contributed by atoms with van der Waals surface area (Å²) in [7, 11) is 1.17. The summed E-state index contributed by atoms with van der Waals surface area (Å²) in [5.74, 6) is -2.28. The zero-order valence-corrected chi connectivity index (χ0v) is 11.1. The third-order valence-corrected chi connectivity index (χ3v) is 3.48. The summed E-state index contributed by atoms with van der Waals surface area (Å²) in [6.07, 6.45) is 0. The summed E-state index contributed by atoms with van der Waals surface area (Å²) in [4.78, 5) is 15.2. The van der Waals surface area contributed by atoms with Crippen molar-refractivity contribution in [2.24, 2.45) is 0 Å². The molecule has 2 N–H and O–H groups in total.